The molecule has 0 radical (unpaired) electrons. The van der Waals surface area contributed by atoms with Gasteiger partial charge in [-0.3, -0.25) is 20.4 Å². The second-order valence-electron chi connectivity index (χ2n) is 5.31. The van der Waals surface area contributed by atoms with Crippen LogP contribution in [0.5, 0.6) is 11.5 Å². The fraction of sp³-hybridized carbons (Fsp3) is 0.111. The number of carbonyl (C=O) groups excluding carboxylic acids is 2. The molecule has 0 unspecified atom stereocenters. The van der Waals surface area contributed by atoms with E-state index in [1.54, 1.807) is 36.4 Å². The van der Waals surface area contributed by atoms with Crippen molar-refractivity contribution in [2.75, 3.05) is 13.2 Å². The summed E-state index contributed by atoms with van der Waals surface area (Å²) < 4.78 is 10.9. The van der Waals surface area contributed by atoms with Crippen LogP contribution >= 0.6 is 23.2 Å². The SMILES string of the molecule is O=C(/C=C/c1cc(Cl)c2c(c1)OCCO2)NNC(=O)c1cccc(Cl)c1. The molecule has 0 aliphatic carbocycles. The first kappa shape index (κ1) is 18.1. The first-order valence-corrected chi connectivity index (χ1v) is 8.41. The minimum absolute atomic E-state index is 0.334. The molecule has 0 saturated heterocycles. The Kier molecular flexibility index (Phi) is 5.65. The number of amides is 2. The van der Waals surface area contributed by atoms with Crippen LogP contribution in [0.1, 0.15) is 15.9 Å². The van der Waals surface area contributed by atoms with Crippen LogP contribution in [0.25, 0.3) is 6.08 Å². The van der Waals surface area contributed by atoms with E-state index in [9.17, 15) is 9.59 Å². The molecular formula is C18H14Cl2N2O4. The number of rotatable bonds is 3. The second kappa shape index (κ2) is 8.12. The van der Waals surface area contributed by atoms with Crippen LogP contribution < -0.4 is 20.3 Å². The Morgan fingerprint density at radius 2 is 1.85 bits per heavy atom. The largest absolute Gasteiger partial charge is 0.486 e. The van der Waals surface area contributed by atoms with Gasteiger partial charge >= 0.3 is 0 Å². The molecule has 8 heteroatoms. The van der Waals surface area contributed by atoms with Crippen molar-refractivity contribution in [3.8, 4) is 11.5 Å². The van der Waals surface area contributed by atoms with Crippen LogP contribution in [-0.2, 0) is 4.79 Å². The van der Waals surface area contributed by atoms with Crippen molar-refractivity contribution in [3.63, 3.8) is 0 Å². The number of fused-ring (bicyclic) bond motifs is 1. The zero-order chi connectivity index (χ0) is 18.5. The van der Waals surface area contributed by atoms with Gasteiger partial charge in [0.2, 0.25) is 0 Å². The van der Waals surface area contributed by atoms with E-state index in [1.165, 1.54) is 12.1 Å². The average Bonchev–Trinajstić information content (AvgIpc) is 2.64. The summed E-state index contributed by atoms with van der Waals surface area (Å²) in [5.74, 6) is 0.0365. The first-order valence-electron chi connectivity index (χ1n) is 7.66. The minimum Gasteiger partial charge on any atom is -0.486 e. The van der Waals surface area contributed by atoms with Crippen LogP contribution in [0.2, 0.25) is 10.0 Å². The molecule has 6 nitrogen and oxygen atoms in total. The lowest BCUT2D eigenvalue weighted by Gasteiger charge is -2.19. The summed E-state index contributed by atoms with van der Waals surface area (Å²) in [4.78, 5) is 23.8. The maximum atomic E-state index is 11.9. The van der Waals surface area contributed by atoms with Gasteiger partial charge in [0.25, 0.3) is 11.8 Å². The van der Waals surface area contributed by atoms with Gasteiger partial charge in [-0.2, -0.15) is 0 Å². The predicted molar refractivity (Wildman–Crippen MR) is 98.5 cm³/mol. The third-order valence-corrected chi connectivity index (χ3v) is 3.95. The number of hydrogen-bond donors (Lipinski definition) is 2. The van der Waals surface area contributed by atoms with Crippen molar-refractivity contribution < 1.29 is 19.1 Å². The molecule has 2 aromatic carbocycles. The standard InChI is InChI=1S/C18H14Cl2N2O4/c19-13-3-1-2-12(10-13)18(24)22-21-16(23)5-4-11-8-14(20)17-15(9-11)25-6-7-26-17/h1-5,8-10H,6-7H2,(H,21,23)(H,22,24)/b5-4+. The smallest absolute Gasteiger partial charge is 0.269 e. The number of hydrogen-bond acceptors (Lipinski definition) is 4. The van der Waals surface area contributed by atoms with Gasteiger partial charge in [0.15, 0.2) is 11.5 Å². The van der Waals surface area contributed by atoms with Gasteiger partial charge in [0.1, 0.15) is 13.2 Å². The average molecular weight is 393 g/mol. The van der Waals surface area contributed by atoms with Crippen LogP contribution in [0.15, 0.2) is 42.5 Å². The minimum atomic E-state index is -0.508. The Morgan fingerprint density at radius 1 is 1.04 bits per heavy atom. The molecular weight excluding hydrogens is 379 g/mol. The summed E-state index contributed by atoms with van der Waals surface area (Å²) in [6.45, 7) is 0.878. The van der Waals surface area contributed by atoms with Crippen molar-refractivity contribution >= 4 is 41.1 Å². The molecule has 0 aromatic heterocycles. The van der Waals surface area contributed by atoms with Gasteiger partial charge in [-0.25, -0.2) is 0 Å². The topological polar surface area (TPSA) is 76.7 Å². The summed E-state index contributed by atoms with van der Waals surface area (Å²) in [6, 6.07) is 9.75. The second-order valence-corrected chi connectivity index (χ2v) is 6.16. The number of nitrogens with one attached hydrogen (secondary N) is 2. The molecule has 0 bridgehead atoms. The van der Waals surface area contributed by atoms with Crippen LogP contribution in [0.3, 0.4) is 0 Å². The number of ether oxygens (including phenoxy) is 2. The zero-order valence-electron chi connectivity index (χ0n) is 13.4. The van der Waals surface area contributed by atoms with Gasteiger partial charge in [-0.1, -0.05) is 29.3 Å². The van der Waals surface area contributed by atoms with Gasteiger partial charge in [-0.05, 0) is 42.0 Å². The van der Waals surface area contributed by atoms with Crippen LogP contribution in [0, 0.1) is 0 Å². The molecule has 2 amide bonds. The number of carbonyl (C=O) groups is 2. The number of hydrazine groups is 1. The molecule has 0 fully saturated rings. The van der Waals surface area contributed by atoms with Crippen LogP contribution in [-0.4, -0.2) is 25.0 Å². The summed E-state index contributed by atoms with van der Waals surface area (Å²) >= 11 is 12.0. The van der Waals surface area contributed by atoms with E-state index in [-0.39, 0.29) is 0 Å². The molecule has 1 aliphatic heterocycles. The summed E-state index contributed by atoms with van der Waals surface area (Å²) in [5.41, 5.74) is 5.59. The van der Waals surface area contributed by atoms with E-state index in [2.05, 4.69) is 10.9 Å². The third-order valence-electron chi connectivity index (χ3n) is 3.43. The van der Waals surface area contributed by atoms with E-state index < -0.39 is 11.8 Å². The number of halogens is 2. The highest BCUT2D eigenvalue weighted by molar-refractivity contribution is 6.32. The molecule has 2 N–H and O–H groups in total. The fourth-order valence-corrected chi connectivity index (χ4v) is 2.72. The van der Waals surface area contributed by atoms with Gasteiger partial charge in [-0.15, -0.1) is 0 Å². The summed E-state index contributed by atoms with van der Waals surface area (Å²) in [6.07, 6.45) is 2.81. The lowest BCUT2D eigenvalue weighted by molar-refractivity contribution is -0.117. The Hall–Kier alpha value is -2.70. The first-order chi connectivity index (χ1) is 12.5. The van der Waals surface area contributed by atoms with E-state index in [1.807, 2.05) is 0 Å². The van der Waals surface area contributed by atoms with Crippen molar-refractivity contribution in [2.45, 2.75) is 0 Å². The zero-order valence-corrected chi connectivity index (χ0v) is 14.9. The predicted octanol–water partition coefficient (Wildman–Crippen LogP) is 3.24. The summed E-state index contributed by atoms with van der Waals surface area (Å²) in [5, 5.41) is 0.830. The highest BCUT2D eigenvalue weighted by Crippen LogP contribution is 2.38. The molecule has 0 spiro atoms. The monoisotopic (exact) mass is 392 g/mol. The lowest BCUT2D eigenvalue weighted by Crippen LogP contribution is -2.40. The van der Waals surface area contributed by atoms with Gasteiger partial charge in [0, 0.05) is 16.7 Å². The molecule has 2 aromatic rings. The van der Waals surface area contributed by atoms with Crippen molar-refractivity contribution in [2.24, 2.45) is 0 Å². The maximum absolute atomic E-state index is 11.9. The highest BCUT2D eigenvalue weighted by atomic mass is 35.5. The molecule has 134 valence electrons. The fourth-order valence-electron chi connectivity index (χ4n) is 2.26. The maximum Gasteiger partial charge on any atom is 0.269 e. The van der Waals surface area contributed by atoms with Gasteiger partial charge in [0.05, 0.1) is 5.02 Å². The van der Waals surface area contributed by atoms with Gasteiger partial charge < -0.3 is 9.47 Å². The molecule has 1 aliphatic rings. The molecule has 26 heavy (non-hydrogen) atoms. The Balaban J connectivity index is 1.59. The van der Waals surface area contributed by atoms with E-state index in [0.29, 0.717) is 45.9 Å². The lowest BCUT2D eigenvalue weighted by atomic mass is 10.1. The Morgan fingerprint density at radius 3 is 2.65 bits per heavy atom. The van der Waals surface area contributed by atoms with Crippen LogP contribution in [0.4, 0.5) is 0 Å². The molecule has 0 saturated carbocycles. The molecule has 3 rings (SSSR count). The normalized spacial score (nSPS) is 12.7. The Bertz CT molecular complexity index is 883. The van der Waals surface area contributed by atoms with E-state index in [4.69, 9.17) is 32.7 Å². The van der Waals surface area contributed by atoms with Crippen molar-refractivity contribution in [1.82, 2.24) is 10.9 Å². The number of benzene rings is 2. The summed E-state index contributed by atoms with van der Waals surface area (Å²) in [7, 11) is 0. The van der Waals surface area contributed by atoms with Crippen molar-refractivity contribution in [1.29, 1.82) is 0 Å². The Labute approximate surface area is 159 Å². The third kappa shape index (κ3) is 4.47. The molecule has 1 heterocycles. The highest BCUT2D eigenvalue weighted by Gasteiger charge is 2.16. The van der Waals surface area contributed by atoms with E-state index in [0.717, 1.165) is 0 Å². The van der Waals surface area contributed by atoms with E-state index >= 15 is 0 Å². The molecule has 0 atom stereocenters. The van der Waals surface area contributed by atoms with Crippen molar-refractivity contribution in [3.05, 3.63) is 63.6 Å². The quantitative estimate of drug-likeness (QED) is 0.620.